The van der Waals surface area contributed by atoms with Crippen LogP contribution in [0.3, 0.4) is 0 Å². The molecule has 0 aliphatic rings. The lowest BCUT2D eigenvalue weighted by Crippen LogP contribution is -2.23. The van der Waals surface area contributed by atoms with Gasteiger partial charge in [-0.1, -0.05) is 23.5 Å². The first-order chi connectivity index (χ1) is 8.65. The van der Waals surface area contributed by atoms with Gasteiger partial charge in [-0.15, -0.1) is 5.10 Å². The van der Waals surface area contributed by atoms with E-state index < -0.39 is 17.7 Å². The van der Waals surface area contributed by atoms with Crippen LogP contribution in [0, 0.1) is 18.6 Å². The molecule has 1 unspecified atom stereocenters. The zero-order valence-corrected chi connectivity index (χ0v) is 10.9. The number of hydrogen-bond acceptors (Lipinski definition) is 4. The lowest BCUT2D eigenvalue weighted by Gasteiger charge is -2.17. The molecule has 3 nitrogen and oxygen atoms in total. The molecule has 0 amide bonds. The summed E-state index contributed by atoms with van der Waals surface area (Å²) in [5, 5.41) is 7.04. The maximum Gasteiger partial charge on any atom is 0.163 e. The molecule has 6 heteroatoms. The second-order valence-corrected chi connectivity index (χ2v) is 4.64. The molecule has 0 saturated heterocycles. The highest BCUT2D eigenvalue weighted by Crippen LogP contribution is 2.29. The van der Waals surface area contributed by atoms with Gasteiger partial charge < -0.3 is 5.32 Å². The molecule has 1 aromatic heterocycles. The number of halogens is 2. The predicted octanol–water partition coefficient (Wildman–Crippen LogP) is 2.82. The Hall–Kier alpha value is -1.40. The van der Waals surface area contributed by atoms with Crippen molar-refractivity contribution in [3.63, 3.8) is 0 Å². The SMILES string of the molecule is CCNC(c1cccc(F)c1F)c1snnc1C. The van der Waals surface area contributed by atoms with E-state index in [-0.39, 0.29) is 5.56 Å². The number of hydrogen-bond donors (Lipinski definition) is 1. The van der Waals surface area contributed by atoms with Crippen LogP contribution in [0.15, 0.2) is 18.2 Å². The van der Waals surface area contributed by atoms with E-state index in [0.717, 1.165) is 16.6 Å². The van der Waals surface area contributed by atoms with Crippen molar-refractivity contribution in [2.75, 3.05) is 6.54 Å². The van der Waals surface area contributed by atoms with Crippen molar-refractivity contribution >= 4 is 11.5 Å². The van der Waals surface area contributed by atoms with Crippen LogP contribution < -0.4 is 5.32 Å². The van der Waals surface area contributed by atoms with Gasteiger partial charge in [0.2, 0.25) is 0 Å². The summed E-state index contributed by atoms with van der Waals surface area (Å²) in [6.07, 6.45) is 0. The molecule has 1 aromatic carbocycles. The number of nitrogens with one attached hydrogen (secondary N) is 1. The lowest BCUT2D eigenvalue weighted by molar-refractivity contribution is 0.484. The van der Waals surface area contributed by atoms with Crippen LogP contribution in [0.1, 0.15) is 29.1 Å². The van der Waals surface area contributed by atoms with Gasteiger partial charge in [0.25, 0.3) is 0 Å². The van der Waals surface area contributed by atoms with Crippen LogP contribution in [0.5, 0.6) is 0 Å². The molecule has 0 saturated carbocycles. The van der Waals surface area contributed by atoms with E-state index in [1.165, 1.54) is 17.6 Å². The Morgan fingerprint density at radius 1 is 1.39 bits per heavy atom. The Labute approximate surface area is 108 Å². The topological polar surface area (TPSA) is 37.8 Å². The molecule has 0 spiro atoms. The Balaban J connectivity index is 2.48. The minimum absolute atomic E-state index is 0.283. The molecule has 96 valence electrons. The molecular formula is C12H13F2N3S. The van der Waals surface area contributed by atoms with Crippen LogP contribution >= 0.6 is 11.5 Å². The molecule has 0 aliphatic heterocycles. The van der Waals surface area contributed by atoms with Gasteiger partial charge >= 0.3 is 0 Å². The van der Waals surface area contributed by atoms with E-state index in [2.05, 4.69) is 14.9 Å². The van der Waals surface area contributed by atoms with Crippen molar-refractivity contribution in [2.24, 2.45) is 0 Å². The van der Waals surface area contributed by atoms with Crippen LogP contribution in [-0.2, 0) is 0 Å². The van der Waals surface area contributed by atoms with Crippen molar-refractivity contribution < 1.29 is 8.78 Å². The van der Waals surface area contributed by atoms with Crippen LogP contribution in [0.4, 0.5) is 8.78 Å². The molecule has 0 fully saturated rings. The van der Waals surface area contributed by atoms with Gasteiger partial charge in [-0.05, 0) is 31.1 Å². The summed E-state index contributed by atoms with van der Waals surface area (Å²) in [6, 6.07) is 3.78. The summed E-state index contributed by atoms with van der Waals surface area (Å²) in [7, 11) is 0. The normalized spacial score (nSPS) is 12.7. The molecule has 1 heterocycles. The van der Waals surface area contributed by atoms with Gasteiger partial charge in [-0.2, -0.15) is 0 Å². The molecule has 1 N–H and O–H groups in total. The van der Waals surface area contributed by atoms with E-state index in [1.807, 2.05) is 6.92 Å². The third-order valence-corrected chi connectivity index (χ3v) is 3.54. The number of benzene rings is 1. The summed E-state index contributed by atoms with van der Waals surface area (Å²) in [4.78, 5) is 0.807. The summed E-state index contributed by atoms with van der Waals surface area (Å²) in [5.41, 5.74) is 1.01. The maximum absolute atomic E-state index is 13.8. The minimum atomic E-state index is -0.842. The monoisotopic (exact) mass is 269 g/mol. The van der Waals surface area contributed by atoms with Crippen molar-refractivity contribution in [2.45, 2.75) is 19.9 Å². The molecule has 18 heavy (non-hydrogen) atoms. The molecule has 2 aromatic rings. The van der Waals surface area contributed by atoms with E-state index in [0.29, 0.717) is 6.54 Å². The third kappa shape index (κ3) is 2.39. The number of rotatable bonds is 4. The first-order valence-electron chi connectivity index (χ1n) is 5.61. The van der Waals surface area contributed by atoms with Crippen molar-refractivity contribution in [3.05, 3.63) is 46.0 Å². The average Bonchev–Trinajstić information content (AvgIpc) is 2.76. The van der Waals surface area contributed by atoms with Gasteiger partial charge in [-0.25, -0.2) is 8.78 Å². The Morgan fingerprint density at radius 2 is 2.17 bits per heavy atom. The van der Waals surface area contributed by atoms with Crippen molar-refractivity contribution in [1.29, 1.82) is 0 Å². The first kappa shape index (κ1) is 13.0. The third-order valence-electron chi connectivity index (χ3n) is 2.65. The minimum Gasteiger partial charge on any atom is -0.306 e. The Kier molecular flexibility index (Phi) is 3.98. The summed E-state index contributed by atoms with van der Waals surface area (Å²) >= 11 is 1.19. The predicted molar refractivity (Wildman–Crippen MR) is 66.5 cm³/mol. The summed E-state index contributed by atoms with van der Waals surface area (Å²) < 4.78 is 31.0. The van der Waals surface area contributed by atoms with Crippen molar-refractivity contribution in [1.82, 2.24) is 14.9 Å². The second kappa shape index (κ2) is 5.49. The standard InChI is InChI=1S/C12H13F2N3S/c1-3-15-11(12-7(2)16-17-18-12)8-5-4-6-9(13)10(8)14/h4-6,11,15H,3H2,1-2H3. The zero-order chi connectivity index (χ0) is 13.1. The van der Waals surface area contributed by atoms with Crippen LogP contribution in [-0.4, -0.2) is 16.1 Å². The van der Waals surface area contributed by atoms with E-state index in [9.17, 15) is 8.78 Å². The largest absolute Gasteiger partial charge is 0.306 e. The summed E-state index contributed by atoms with van der Waals surface area (Å²) in [5.74, 6) is -1.67. The molecule has 2 rings (SSSR count). The zero-order valence-electron chi connectivity index (χ0n) is 10.1. The second-order valence-electron chi connectivity index (χ2n) is 3.86. The number of aryl methyl sites for hydroxylation is 1. The highest BCUT2D eigenvalue weighted by molar-refractivity contribution is 7.05. The number of nitrogens with zero attached hydrogens (tertiary/aromatic N) is 2. The van der Waals surface area contributed by atoms with E-state index in [4.69, 9.17) is 0 Å². The molecule has 0 radical (unpaired) electrons. The highest BCUT2D eigenvalue weighted by atomic mass is 32.1. The smallest absolute Gasteiger partial charge is 0.163 e. The van der Waals surface area contributed by atoms with Gasteiger partial charge in [0, 0.05) is 5.56 Å². The van der Waals surface area contributed by atoms with Gasteiger partial charge in [0.1, 0.15) is 0 Å². The summed E-state index contributed by atoms with van der Waals surface area (Å²) in [6.45, 7) is 4.35. The molecule has 0 bridgehead atoms. The van der Waals surface area contributed by atoms with E-state index in [1.54, 1.807) is 13.0 Å². The van der Waals surface area contributed by atoms with Crippen LogP contribution in [0.2, 0.25) is 0 Å². The fraction of sp³-hybridized carbons (Fsp3) is 0.333. The molecule has 1 atom stereocenters. The Morgan fingerprint density at radius 3 is 2.78 bits per heavy atom. The average molecular weight is 269 g/mol. The van der Waals surface area contributed by atoms with E-state index >= 15 is 0 Å². The highest BCUT2D eigenvalue weighted by Gasteiger charge is 2.22. The first-order valence-corrected chi connectivity index (χ1v) is 6.38. The maximum atomic E-state index is 13.8. The van der Waals surface area contributed by atoms with Crippen molar-refractivity contribution in [3.8, 4) is 0 Å². The lowest BCUT2D eigenvalue weighted by atomic mass is 10.0. The molecular weight excluding hydrogens is 256 g/mol. The van der Waals surface area contributed by atoms with Gasteiger partial charge in [0.15, 0.2) is 11.6 Å². The van der Waals surface area contributed by atoms with Gasteiger partial charge in [0.05, 0.1) is 16.6 Å². The fourth-order valence-corrected chi connectivity index (χ4v) is 2.53. The van der Waals surface area contributed by atoms with Gasteiger partial charge in [-0.3, -0.25) is 0 Å². The van der Waals surface area contributed by atoms with Crippen LogP contribution in [0.25, 0.3) is 0 Å². The molecule has 0 aliphatic carbocycles. The Bertz CT molecular complexity index is 542. The number of aromatic nitrogens is 2. The fourth-order valence-electron chi connectivity index (χ4n) is 1.79. The quantitative estimate of drug-likeness (QED) is 0.927.